The van der Waals surface area contributed by atoms with Gasteiger partial charge in [0.05, 0.1) is 17.1 Å². The molecule has 150 valence electrons. The Labute approximate surface area is 166 Å². The fourth-order valence-electron chi connectivity index (χ4n) is 3.24. The molecule has 2 aromatic rings. The minimum Gasteiger partial charge on any atom is -0.373 e. The van der Waals surface area contributed by atoms with Gasteiger partial charge in [-0.3, -0.25) is 4.79 Å². The summed E-state index contributed by atoms with van der Waals surface area (Å²) in [6.45, 7) is 6.80. The molecule has 1 heterocycles. The highest BCUT2D eigenvalue weighted by atomic mass is 32.2. The number of morpholine rings is 1. The molecule has 1 fully saturated rings. The predicted molar refractivity (Wildman–Crippen MR) is 108 cm³/mol. The lowest BCUT2D eigenvalue weighted by atomic mass is 10.1. The van der Waals surface area contributed by atoms with Gasteiger partial charge in [-0.2, -0.15) is 4.31 Å². The van der Waals surface area contributed by atoms with Crippen LogP contribution in [-0.2, 0) is 21.3 Å². The van der Waals surface area contributed by atoms with Crippen molar-refractivity contribution >= 4 is 15.9 Å². The van der Waals surface area contributed by atoms with E-state index in [1.54, 1.807) is 12.1 Å². The van der Waals surface area contributed by atoms with Crippen molar-refractivity contribution in [1.29, 1.82) is 0 Å². The van der Waals surface area contributed by atoms with Crippen LogP contribution < -0.4 is 5.32 Å². The Balaban J connectivity index is 1.66. The highest BCUT2D eigenvalue weighted by Gasteiger charge is 2.32. The first-order chi connectivity index (χ1) is 13.3. The van der Waals surface area contributed by atoms with Gasteiger partial charge in [0.15, 0.2) is 0 Å². The molecule has 6 nitrogen and oxygen atoms in total. The van der Waals surface area contributed by atoms with E-state index < -0.39 is 10.0 Å². The van der Waals surface area contributed by atoms with E-state index in [-0.39, 0.29) is 23.0 Å². The topological polar surface area (TPSA) is 75.7 Å². The van der Waals surface area contributed by atoms with E-state index in [1.807, 2.05) is 45.0 Å². The SMILES string of the molecule is Cc1ccc(CNC(=O)c2ccc(S(=O)(=O)N3C[C@@H](C)O[C@H](C)C3)cc2)cc1. The van der Waals surface area contributed by atoms with E-state index in [0.717, 1.165) is 11.1 Å². The maximum atomic E-state index is 12.9. The van der Waals surface area contributed by atoms with Crippen molar-refractivity contribution in [2.45, 2.75) is 44.4 Å². The largest absolute Gasteiger partial charge is 0.373 e. The lowest BCUT2D eigenvalue weighted by molar-refractivity contribution is -0.0440. The van der Waals surface area contributed by atoms with Crippen molar-refractivity contribution in [3.63, 3.8) is 0 Å². The lowest BCUT2D eigenvalue weighted by Crippen LogP contribution is -2.48. The first-order valence-corrected chi connectivity index (χ1v) is 10.8. The number of ether oxygens (including phenoxy) is 1. The van der Waals surface area contributed by atoms with Crippen molar-refractivity contribution in [3.8, 4) is 0 Å². The second-order valence-corrected chi connectivity index (χ2v) is 9.21. The van der Waals surface area contributed by atoms with Gasteiger partial charge in [0, 0.05) is 25.2 Å². The van der Waals surface area contributed by atoms with Crippen LogP contribution in [0.1, 0.15) is 35.3 Å². The van der Waals surface area contributed by atoms with E-state index in [0.29, 0.717) is 25.2 Å². The van der Waals surface area contributed by atoms with Crippen LogP contribution in [0, 0.1) is 6.92 Å². The van der Waals surface area contributed by atoms with Crippen molar-refractivity contribution in [1.82, 2.24) is 9.62 Å². The second-order valence-electron chi connectivity index (χ2n) is 7.27. The number of rotatable bonds is 5. The van der Waals surface area contributed by atoms with Crippen molar-refractivity contribution in [3.05, 3.63) is 65.2 Å². The summed E-state index contributed by atoms with van der Waals surface area (Å²) in [5.41, 5.74) is 2.60. The maximum Gasteiger partial charge on any atom is 0.251 e. The number of hydrogen-bond acceptors (Lipinski definition) is 4. The quantitative estimate of drug-likeness (QED) is 0.834. The minimum absolute atomic E-state index is 0.148. The molecule has 0 radical (unpaired) electrons. The molecule has 1 aliphatic heterocycles. The van der Waals surface area contributed by atoms with E-state index >= 15 is 0 Å². The maximum absolute atomic E-state index is 12.9. The molecule has 0 saturated carbocycles. The molecular weight excluding hydrogens is 376 g/mol. The van der Waals surface area contributed by atoms with Crippen molar-refractivity contribution in [2.24, 2.45) is 0 Å². The zero-order valence-electron chi connectivity index (χ0n) is 16.4. The van der Waals surface area contributed by atoms with Crippen molar-refractivity contribution < 1.29 is 17.9 Å². The fourth-order valence-corrected chi connectivity index (χ4v) is 4.84. The first kappa shape index (κ1) is 20.5. The van der Waals surface area contributed by atoms with Crippen LogP contribution in [-0.4, -0.2) is 43.9 Å². The fraction of sp³-hybridized carbons (Fsp3) is 0.381. The zero-order chi connectivity index (χ0) is 20.3. The summed E-state index contributed by atoms with van der Waals surface area (Å²) in [5, 5.41) is 2.85. The van der Waals surface area contributed by atoms with E-state index in [9.17, 15) is 13.2 Å². The van der Waals surface area contributed by atoms with Gasteiger partial charge in [-0.15, -0.1) is 0 Å². The number of carbonyl (C=O) groups is 1. The molecule has 7 heteroatoms. The third-order valence-electron chi connectivity index (χ3n) is 4.71. The van der Waals surface area contributed by atoms with Gasteiger partial charge in [-0.1, -0.05) is 29.8 Å². The highest BCUT2D eigenvalue weighted by molar-refractivity contribution is 7.89. The minimum atomic E-state index is -3.61. The molecule has 0 unspecified atom stereocenters. The second kappa shape index (κ2) is 8.43. The molecule has 0 aromatic heterocycles. The van der Waals surface area contributed by atoms with Crippen LogP contribution in [0.3, 0.4) is 0 Å². The van der Waals surface area contributed by atoms with E-state index in [4.69, 9.17) is 4.74 Å². The number of amides is 1. The summed E-state index contributed by atoms with van der Waals surface area (Å²) in [7, 11) is -3.61. The Morgan fingerprint density at radius 3 is 2.18 bits per heavy atom. The number of carbonyl (C=O) groups excluding carboxylic acids is 1. The molecule has 1 amide bonds. The highest BCUT2D eigenvalue weighted by Crippen LogP contribution is 2.21. The average Bonchev–Trinajstić information content (AvgIpc) is 2.66. The number of hydrogen-bond donors (Lipinski definition) is 1. The number of aryl methyl sites for hydroxylation is 1. The Hall–Kier alpha value is -2.22. The Morgan fingerprint density at radius 1 is 1.04 bits per heavy atom. The molecule has 3 rings (SSSR count). The summed E-state index contributed by atoms with van der Waals surface area (Å²) < 4.78 is 32.8. The molecular formula is C21H26N2O4S. The smallest absolute Gasteiger partial charge is 0.251 e. The van der Waals surface area contributed by atoms with Gasteiger partial charge < -0.3 is 10.1 Å². The number of sulfonamides is 1. The summed E-state index contributed by atoms with van der Waals surface area (Å²) in [5.74, 6) is -0.238. The predicted octanol–water partition coefficient (Wildman–Crippen LogP) is 2.72. The third kappa shape index (κ3) is 4.79. The number of nitrogens with zero attached hydrogens (tertiary/aromatic N) is 1. The van der Waals surface area contributed by atoms with Gasteiger partial charge in [-0.25, -0.2) is 8.42 Å². The Morgan fingerprint density at radius 2 is 1.61 bits per heavy atom. The van der Waals surface area contributed by atoms with E-state index in [2.05, 4.69) is 5.32 Å². The van der Waals surface area contributed by atoms with Crippen LogP contribution in [0.25, 0.3) is 0 Å². The van der Waals surface area contributed by atoms with Crippen LogP contribution in [0.5, 0.6) is 0 Å². The average molecular weight is 403 g/mol. The Kier molecular flexibility index (Phi) is 6.17. The number of nitrogens with one attached hydrogen (secondary N) is 1. The van der Waals surface area contributed by atoms with Crippen molar-refractivity contribution in [2.75, 3.05) is 13.1 Å². The standard InChI is InChI=1S/C21H26N2O4S/c1-15-4-6-18(7-5-15)12-22-21(24)19-8-10-20(11-9-19)28(25,26)23-13-16(2)27-17(3)14-23/h4-11,16-17H,12-14H2,1-3H3,(H,22,24)/t16-,17-/m1/s1. The van der Waals surface area contributed by atoms with Crippen LogP contribution in [0.15, 0.2) is 53.4 Å². The van der Waals surface area contributed by atoms with Gasteiger partial charge in [0.2, 0.25) is 10.0 Å². The molecule has 1 N–H and O–H groups in total. The summed E-state index contributed by atoms with van der Waals surface area (Å²) in [4.78, 5) is 12.5. The molecule has 0 spiro atoms. The van der Waals surface area contributed by atoms with Gasteiger partial charge in [-0.05, 0) is 50.6 Å². The first-order valence-electron chi connectivity index (χ1n) is 9.35. The van der Waals surface area contributed by atoms with Crippen LogP contribution in [0.2, 0.25) is 0 Å². The molecule has 2 aromatic carbocycles. The zero-order valence-corrected chi connectivity index (χ0v) is 17.2. The van der Waals surface area contributed by atoms with Gasteiger partial charge in [0.25, 0.3) is 5.91 Å². The molecule has 0 bridgehead atoms. The summed E-state index contributed by atoms with van der Waals surface area (Å²) >= 11 is 0. The summed E-state index contributed by atoms with van der Waals surface area (Å²) in [6.07, 6.45) is -0.296. The van der Waals surface area contributed by atoms with E-state index in [1.165, 1.54) is 16.4 Å². The molecule has 2 atom stereocenters. The molecule has 0 aliphatic carbocycles. The lowest BCUT2D eigenvalue weighted by Gasteiger charge is -2.34. The Bertz CT molecular complexity index is 914. The molecule has 1 aliphatic rings. The molecule has 1 saturated heterocycles. The van der Waals surface area contributed by atoms with Crippen LogP contribution in [0.4, 0.5) is 0 Å². The number of benzene rings is 2. The molecule has 28 heavy (non-hydrogen) atoms. The third-order valence-corrected chi connectivity index (χ3v) is 6.56. The van der Waals surface area contributed by atoms with Gasteiger partial charge in [0.1, 0.15) is 0 Å². The normalized spacial score (nSPS) is 20.7. The monoisotopic (exact) mass is 402 g/mol. The van der Waals surface area contributed by atoms with Gasteiger partial charge >= 0.3 is 0 Å². The van der Waals surface area contributed by atoms with Crippen LogP contribution >= 0.6 is 0 Å². The summed E-state index contributed by atoms with van der Waals surface area (Å²) in [6, 6.07) is 14.0.